The van der Waals surface area contributed by atoms with Crippen molar-refractivity contribution in [1.82, 2.24) is 10.6 Å². The van der Waals surface area contributed by atoms with E-state index >= 15 is 0 Å². The van der Waals surface area contributed by atoms with Crippen molar-refractivity contribution < 1.29 is 4.79 Å². The number of hydrogen-bond acceptors (Lipinski definition) is 4. The zero-order chi connectivity index (χ0) is 19.6. The van der Waals surface area contributed by atoms with E-state index in [1.165, 1.54) is 9.75 Å². The maximum absolute atomic E-state index is 12.8. The highest BCUT2D eigenvalue weighted by atomic mass is 32.1. The van der Waals surface area contributed by atoms with Crippen molar-refractivity contribution in [1.29, 1.82) is 0 Å². The molecule has 1 aromatic carbocycles. The van der Waals surface area contributed by atoms with Crippen LogP contribution in [0.15, 0.2) is 36.4 Å². The summed E-state index contributed by atoms with van der Waals surface area (Å²) in [7, 11) is 4.05. The smallest absolute Gasteiger partial charge is 0.225 e. The van der Waals surface area contributed by atoms with E-state index in [9.17, 15) is 4.79 Å². The van der Waals surface area contributed by atoms with Crippen molar-refractivity contribution in [2.45, 2.75) is 38.6 Å². The van der Waals surface area contributed by atoms with Gasteiger partial charge in [0.05, 0.1) is 5.92 Å². The molecule has 0 radical (unpaired) electrons. The van der Waals surface area contributed by atoms with Gasteiger partial charge in [-0.2, -0.15) is 0 Å². The Hall–Kier alpha value is -1.85. The van der Waals surface area contributed by atoms with Gasteiger partial charge >= 0.3 is 0 Å². The van der Waals surface area contributed by atoms with Gasteiger partial charge < -0.3 is 15.5 Å². The lowest BCUT2D eigenvalue weighted by molar-refractivity contribution is -0.124. The molecule has 5 heteroatoms. The van der Waals surface area contributed by atoms with Crippen molar-refractivity contribution in [3.63, 3.8) is 0 Å². The van der Waals surface area contributed by atoms with E-state index in [1.807, 2.05) is 25.4 Å². The topological polar surface area (TPSA) is 44.4 Å². The van der Waals surface area contributed by atoms with E-state index in [0.717, 1.165) is 24.3 Å². The van der Waals surface area contributed by atoms with Gasteiger partial charge in [0.25, 0.3) is 0 Å². The first kappa shape index (κ1) is 19.9. The standard InChI is InChI=1S/C22H31N3OS/c1-22(2,3)20-11-10-19(27-20)17-13-23-14-18(17)21(26)24-12-15-6-8-16(9-7-15)25(4)5/h6-11,17-18,23H,12-14H2,1-5H3,(H,24,26)/t17-,18-/m0/s1. The predicted octanol–water partition coefficient (Wildman–Crippen LogP) is 3.73. The number of carbonyl (C=O) groups excluding carboxylic acids is 1. The third-order valence-electron chi connectivity index (χ3n) is 5.20. The molecule has 1 saturated heterocycles. The van der Waals surface area contributed by atoms with Gasteiger partial charge in [0.2, 0.25) is 5.91 Å². The first-order valence-corrected chi connectivity index (χ1v) is 10.4. The van der Waals surface area contributed by atoms with E-state index in [-0.39, 0.29) is 23.2 Å². The summed E-state index contributed by atoms with van der Waals surface area (Å²) in [4.78, 5) is 17.6. The molecule has 0 saturated carbocycles. The van der Waals surface area contributed by atoms with Crippen molar-refractivity contribution >= 4 is 22.9 Å². The Morgan fingerprint density at radius 3 is 2.44 bits per heavy atom. The minimum atomic E-state index is -0.00230. The minimum Gasteiger partial charge on any atom is -0.378 e. The van der Waals surface area contributed by atoms with Crippen molar-refractivity contribution in [2.75, 3.05) is 32.1 Å². The van der Waals surface area contributed by atoms with Crippen LogP contribution in [0.4, 0.5) is 5.69 Å². The zero-order valence-corrected chi connectivity index (χ0v) is 17.8. The summed E-state index contributed by atoms with van der Waals surface area (Å²) in [6.45, 7) is 8.91. The molecule has 0 bridgehead atoms. The number of thiophene rings is 1. The number of benzene rings is 1. The molecular formula is C22H31N3OS. The van der Waals surface area contributed by atoms with Gasteiger partial charge in [-0.3, -0.25) is 4.79 Å². The van der Waals surface area contributed by atoms with Gasteiger partial charge in [-0.05, 0) is 35.2 Å². The highest BCUT2D eigenvalue weighted by Gasteiger charge is 2.35. The molecule has 0 unspecified atom stereocenters. The molecule has 1 aliphatic rings. The van der Waals surface area contributed by atoms with Crippen LogP contribution in [0.25, 0.3) is 0 Å². The maximum atomic E-state index is 12.8. The molecule has 3 rings (SSSR count). The normalized spacial score (nSPS) is 19.9. The summed E-state index contributed by atoms with van der Waals surface area (Å²) < 4.78 is 0. The number of nitrogens with zero attached hydrogens (tertiary/aromatic N) is 1. The van der Waals surface area contributed by atoms with Crippen LogP contribution >= 0.6 is 11.3 Å². The average Bonchev–Trinajstić information content (AvgIpc) is 3.28. The molecule has 146 valence electrons. The zero-order valence-electron chi connectivity index (χ0n) is 17.0. The Labute approximate surface area is 167 Å². The molecule has 1 aliphatic heterocycles. The summed E-state index contributed by atoms with van der Waals surface area (Å²) in [5.74, 6) is 0.409. The lowest BCUT2D eigenvalue weighted by Gasteiger charge is -2.19. The molecule has 2 aromatic rings. The molecule has 2 atom stereocenters. The molecule has 1 fully saturated rings. The number of rotatable bonds is 5. The largest absolute Gasteiger partial charge is 0.378 e. The van der Waals surface area contributed by atoms with Crippen LogP contribution in [-0.2, 0) is 16.8 Å². The van der Waals surface area contributed by atoms with E-state index < -0.39 is 0 Å². The van der Waals surface area contributed by atoms with Crippen LogP contribution in [0, 0.1) is 5.92 Å². The van der Waals surface area contributed by atoms with E-state index in [2.05, 4.69) is 72.7 Å². The molecule has 0 spiro atoms. The number of nitrogens with one attached hydrogen (secondary N) is 2. The van der Waals surface area contributed by atoms with Crippen LogP contribution in [0.5, 0.6) is 0 Å². The lowest BCUT2D eigenvalue weighted by atomic mass is 9.92. The summed E-state index contributed by atoms with van der Waals surface area (Å²) in [5.41, 5.74) is 2.45. The first-order valence-electron chi connectivity index (χ1n) is 9.60. The molecule has 0 aliphatic carbocycles. The number of carbonyl (C=O) groups is 1. The summed E-state index contributed by atoms with van der Waals surface area (Å²) in [5, 5.41) is 6.55. The van der Waals surface area contributed by atoms with Crippen molar-refractivity contribution in [3.05, 3.63) is 51.7 Å². The third kappa shape index (κ3) is 4.71. The second-order valence-corrected chi connectivity index (χ2v) is 9.72. The quantitative estimate of drug-likeness (QED) is 0.824. The van der Waals surface area contributed by atoms with Gasteiger partial charge in [-0.25, -0.2) is 0 Å². The predicted molar refractivity (Wildman–Crippen MR) is 115 cm³/mol. The van der Waals surface area contributed by atoms with Crippen molar-refractivity contribution in [3.8, 4) is 0 Å². The van der Waals surface area contributed by atoms with Crippen molar-refractivity contribution in [2.24, 2.45) is 5.92 Å². The van der Waals surface area contributed by atoms with Crippen LogP contribution in [0.2, 0.25) is 0 Å². The molecular weight excluding hydrogens is 354 g/mol. The fourth-order valence-electron chi connectivity index (χ4n) is 3.44. The Morgan fingerprint density at radius 2 is 1.85 bits per heavy atom. The highest BCUT2D eigenvalue weighted by Crippen LogP contribution is 2.37. The second kappa shape index (κ2) is 8.03. The van der Waals surface area contributed by atoms with Gasteiger partial charge in [-0.15, -0.1) is 11.3 Å². The van der Waals surface area contributed by atoms with Gasteiger partial charge in [0.1, 0.15) is 0 Å². The SMILES string of the molecule is CN(C)c1ccc(CNC(=O)[C@H]2CNC[C@@H]2c2ccc(C(C)(C)C)s2)cc1. The van der Waals surface area contributed by atoms with Gasteiger partial charge in [-0.1, -0.05) is 32.9 Å². The minimum absolute atomic E-state index is 0.00230. The number of amides is 1. The van der Waals surface area contributed by atoms with E-state index in [1.54, 1.807) is 0 Å². The molecule has 4 nitrogen and oxygen atoms in total. The first-order chi connectivity index (χ1) is 12.8. The average molecular weight is 386 g/mol. The monoisotopic (exact) mass is 385 g/mol. The highest BCUT2D eigenvalue weighted by molar-refractivity contribution is 7.12. The Balaban J connectivity index is 1.62. The van der Waals surface area contributed by atoms with Crippen LogP contribution in [-0.4, -0.2) is 33.1 Å². The Morgan fingerprint density at radius 1 is 1.15 bits per heavy atom. The van der Waals surface area contributed by atoms with Crippen LogP contribution in [0.3, 0.4) is 0 Å². The summed E-state index contributed by atoms with van der Waals surface area (Å²) in [6, 6.07) is 12.8. The van der Waals surface area contributed by atoms with E-state index in [0.29, 0.717) is 6.54 Å². The molecule has 1 amide bonds. The van der Waals surface area contributed by atoms with Gasteiger partial charge in [0, 0.05) is 55.1 Å². The van der Waals surface area contributed by atoms with Gasteiger partial charge in [0.15, 0.2) is 0 Å². The molecule has 2 N–H and O–H groups in total. The Bertz CT molecular complexity index is 774. The fourth-order valence-corrected chi connectivity index (χ4v) is 4.67. The number of anilines is 1. The van der Waals surface area contributed by atoms with E-state index in [4.69, 9.17) is 0 Å². The van der Waals surface area contributed by atoms with Crippen LogP contribution < -0.4 is 15.5 Å². The second-order valence-electron chi connectivity index (χ2n) is 8.60. The fraction of sp³-hybridized carbons (Fsp3) is 0.500. The third-order valence-corrected chi connectivity index (χ3v) is 6.84. The molecule has 1 aromatic heterocycles. The molecule has 2 heterocycles. The summed E-state index contributed by atoms with van der Waals surface area (Å²) in [6.07, 6.45) is 0. The molecule has 27 heavy (non-hydrogen) atoms. The number of hydrogen-bond donors (Lipinski definition) is 2. The lowest BCUT2D eigenvalue weighted by Crippen LogP contribution is -2.33. The van der Waals surface area contributed by atoms with Crippen LogP contribution in [0.1, 0.15) is 42.0 Å². The summed E-state index contributed by atoms with van der Waals surface area (Å²) >= 11 is 1.85. The maximum Gasteiger partial charge on any atom is 0.225 e. The Kier molecular flexibility index (Phi) is 5.92.